The number of pyridine rings is 1. The van der Waals surface area contributed by atoms with Crippen LogP contribution in [0.1, 0.15) is 27.8 Å². The number of nitrogens with zero attached hydrogens (tertiary/aromatic N) is 1. The molecule has 0 saturated carbocycles. The number of aromatic nitrogens is 1. The van der Waals surface area contributed by atoms with Crippen molar-refractivity contribution in [3.63, 3.8) is 0 Å². The molecule has 0 aliphatic heterocycles. The fourth-order valence-electron chi connectivity index (χ4n) is 2.48. The minimum absolute atomic E-state index is 0.251. The van der Waals surface area contributed by atoms with E-state index in [1.807, 2.05) is 12.1 Å². The largest absolute Gasteiger partial charge is 0.299 e. The quantitative estimate of drug-likeness (QED) is 0.836. The monoisotopic (exact) mass is 253 g/mol. The molecule has 0 N–H and O–H groups in total. The van der Waals surface area contributed by atoms with Crippen molar-refractivity contribution in [2.75, 3.05) is 0 Å². The molecular formula is C17H19NO. The first-order chi connectivity index (χ1) is 9.06. The molecule has 0 atom stereocenters. The Labute approximate surface area is 114 Å². The molecule has 1 aromatic heterocycles. The van der Waals surface area contributed by atoms with Gasteiger partial charge in [-0.05, 0) is 55.2 Å². The Morgan fingerprint density at radius 2 is 1.58 bits per heavy atom. The zero-order chi connectivity index (χ0) is 13.8. The standard InChI is InChI=1S/C17H19NO/c1-12-8-13(2)17(14(3)9-12)11-16(19)10-15-4-6-18-7-5-15/h4-9H,10-11H2,1-3H3. The van der Waals surface area contributed by atoms with Crippen molar-refractivity contribution >= 4 is 5.78 Å². The van der Waals surface area contributed by atoms with E-state index < -0.39 is 0 Å². The minimum Gasteiger partial charge on any atom is -0.299 e. The predicted octanol–water partition coefficient (Wildman–Crippen LogP) is 3.36. The fraction of sp³-hybridized carbons (Fsp3) is 0.294. The molecule has 2 heteroatoms. The van der Waals surface area contributed by atoms with Crippen LogP contribution < -0.4 is 0 Å². The Balaban J connectivity index is 2.12. The number of ketones is 1. The van der Waals surface area contributed by atoms with Crippen LogP contribution in [-0.4, -0.2) is 10.8 Å². The third kappa shape index (κ3) is 3.50. The maximum atomic E-state index is 12.2. The number of rotatable bonds is 4. The first-order valence-corrected chi connectivity index (χ1v) is 6.53. The highest BCUT2D eigenvalue weighted by atomic mass is 16.1. The Hall–Kier alpha value is -1.96. The Bertz CT molecular complexity index is 564. The SMILES string of the molecule is Cc1cc(C)c(CC(=O)Cc2ccncc2)c(C)c1. The van der Waals surface area contributed by atoms with E-state index in [4.69, 9.17) is 0 Å². The zero-order valence-corrected chi connectivity index (χ0v) is 11.7. The lowest BCUT2D eigenvalue weighted by molar-refractivity contribution is -0.117. The van der Waals surface area contributed by atoms with Gasteiger partial charge in [-0.25, -0.2) is 0 Å². The molecule has 1 heterocycles. The smallest absolute Gasteiger partial charge is 0.141 e. The number of hydrogen-bond donors (Lipinski definition) is 0. The van der Waals surface area contributed by atoms with Gasteiger partial charge in [-0.2, -0.15) is 0 Å². The van der Waals surface area contributed by atoms with Gasteiger partial charge in [-0.3, -0.25) is 9.78 Å². The second-order valence-corrected chi connectivity index (χ2v) is 5.12. The van der Waals surface area contributed by atoms with Crippen LogP contribution >= 0.6 is 0 Å². The third-order valence-corrected chi connectivity index (χ3v) is 3.36. The van der Waals surface area contributed by atoms with E-state index in [2.05, 4.69) is 37.9 Å². The number of benzene rings is 1. The lowest BCUT2D eigenvalue weighted by atomic mass is 9.94. The maximum Gasteiger partial charge on any atom is 0.141 e. The van der Waals surface area contributed by atoms with Gasteiger partial charge in [0, 0.05) is 25.2 Å². The van der Waals surface area contributed by atoms with Gasteiger partial charge in [0.15, 0.2) is 0 Å². The number of Topliss-reactive ketones (excluding diaryl/α,β-unsaturated/α-hetero) is 1. The molecule has 2 aromatic rings. The van der Waals surface area contributed by atoms with E-state index in [0.717, 1.165) is 5.56 Å². The van der Waals surface area contributed by atoms with Crippen molar-refractivity contribution in [3.05, 3.63) is 64.5 Å². The second kappa shape index (κ2) is 5.79. The summed E-state index contributed by atoms with van der Waals surface area (Å²) in [5.74, 6) is 0.251. The highest BCUT2D eigenvalue weighted by Crippen LogP contribution is 2.17. The summed E-state index contributed by atoms with van der Waals surface area (Å²) < 4.78 is 0. The van der Waals surface area contributed by atoms with Gasteiger partial charge in [-0.15, -0.1) is 0 Å². The molecule has 0 unspecified atom stereocenters. The van der Waals surface area contributed by atoms with E-state index in [0.29, 0.717) is 12.8 Å². The molecule has 0 radical (unpaired) electrons. The van der Waals surface area contributed by atoms with Crippen molar-refractivity contribution in [2.24, 2.45) is 0 Å². The van der Waals surface area contributed by atoms with Gasteiger partial charge in [0.05, 0.1) is 0 Å². The van der Waals surface area contributed by atoms with E-state index >= 15 is 0 Å². The topological polar surface area (TPSA) is 30.0 Å². The number of carbonyl (C=O) groups is 1. The van der Waals surface area contributed by atoms with Gasteiger partial charge in [0.1, 0.15) is 5.78 Å². The van der Waals surface area contributed by atoms with Crippen LogP contribution in [0.3, 0.4) is 0 Å². The van der Waals surface area contributed by atoms with Gasteiger partial charge in [-0.1, -0.05) is 17.7 Å². The highest BCUT2D eigenvalue weighted by Gasteiger charge is 2.10. The first-order valence-electron chi connectivity index (χ1n) is 6.53. The average Bonchev–Trinajstić information content (AvgIpc) is 2.35. The summed E-state index contributed by atoms with van der Waals surface area (Å²) in [4.78, 5) is 16.1. The van der Waals surface area contributed by atoms with Crippen molar-refractivity contribution in [1.82, 2.24) is 4.98 Å². The van der Waals surface area contributed by atoms with Crippen molar-refractivity contribution in [1.29, 1.82) is 0 Å². The second-order valence-electron chi connectivity index (χ2n) is 5.12. The molecule has 0 aliphatic carbocycles. The van der Waals surface area contributed by atoms with Crippen LogP contribution in [0.4, 0.5) is 0 Å². The van der Waals surface area contributed by atoms with E-state index in [9.17, 15) is 4.79 Å². The molecule has 19 heavy (non-hydrogen) atoms. The highest BCUT2D eigenvalue weighted by molar-refractivity contribution is 5.83. The van der Waals surface area contributed by atoms with Crippen LogP contribution in [0.15, 0.2) is 36.7 Å². The maximum absolute atomic E-state index is 12.2. The molecule has 2 nitrogen and oxygen atoms in total. The average molecular weight is 253 g/mol. The normalized spacial score (nSPS) is 10.5. The molecule has 98 valence electrons. The molecule has 0 spiro atoms. The lowest BCUT2D eigenvalue weighted by Gasteiger charge is -2.10. The summed E-state index contributed by atoms with van der Waals surface area (Å²) in [7, 11) is 0. The van der Waals surface area contributed by atoms with Crippen molar-refractivity contribution < 1.29 is 4.79 Å². The Kier molecular flexibility index (Phi) is 4.10. The van der Waals surface area contributed by atoms with Crippen molar-refractivity contribution in [2.45, 2.75) is 33.6 Å². The van der Waals surface area contributed by atoms with Crippen LogP contribution in [0.5, 0.6) is 0 Å². The van der Waals surface area contributed by atoms with Gasteiger partial charge < -0.3 is 0 Å². The molecule has 0 aliphatic rings. The molecule has 0 saturated heterocycles. The molecule has 0 bridgehead atoms. The summed E-state index contributed by atoms with van der Waals surface area (Å²) in [6, 6.07) is 8.07. The summed E-state index contributed by atoms with van der Waals surface area (Å²) in [6.07, 6.45) is 4.45. The van der Waals surface area contributed by atoms with E-state index in [1.54, 1.807) is 12.4 Å². The number of carbonyl (C=O) groups excluding carboxylic acids is 1. The first kappa shape index (κ1) is 13.5. The van der Waals surface area contributed by atoms with Gasteiger partial charge in [0.25, 0.3) is 0 Å². The van der Waals surface area contributed by atoms with E-state index in [1.165, 1.54) is 22.3 Å². The molecular weight excluding hydrogens is 234 g/mol. The third-order valence-electron chi connectivity index (χ3n) is 3.36. The fourth-order valence-corrected chi connectivity index (χ4v) is 2.48. The van der Waals surface area contributed by atoms with Gasteiger partial charge >= 0.3 is 0 Å². The predicted molar refractivity (Wildman–Crippen MR) is 77.3 cm³/mol. The van der Waals surface area contributed by atoms with Crippen molar-refractivity contribution in [3.8, 4) is 0 Å². The Morgan fingerprint density at radius 1 is 1.00 bits per heavy atom. The number of hydrogen-bond acceptors (Lipinski definition) is 2. The van der Waals surface area contributed by atoms with Crippen LogP contribution in [0.2, 0.25) is 0 Å². The van der Waals surface area contributed by atoms with Crippen LogP contribution in [0, 0.1) is 20.8 Å². The molecule has 1 aromatic carbocycles. The lowest BCUT2D eigenvalue weighted by Crippen LogP contribution is -2.09. The molecule has 0 amide bonds. The summed E-state index contributed by atoms with van der Waals surface area (Å²) in [5, 5.41) is 0. The molecule has 2 rings (SSSR count). The summed E-state index contributed by atoms with van der Waals surface area (Å²) in [6.45, 7) is 6.24. The Morgan fingerprint density at radius 3 is 2.16 bits per heavy atom. The number of aryl methyl sites for hydroxylation is 3. The zero-order valence-electron chi connectivity index (χ0n) is 11.7. The summed E-state index contributed by atoms with van der Waals surface area (Å²) in [5.41, 5.74) is 5.87. The van der Waals surface area contributed by atoms with Gasteiger partial charge in [0.2, 0.25) is 0 Å². The van der Waals surface area contributed by atoms with Crippen LogP contribution in [-0.2, 0) is 17.6 Å². The van der Waals surface area contributed by atoms with E-state index in [-0.39, 0.29) is 5.78 Å². The summed E-state index contributed by atoms with van der Waals surface area (Å²) >= 11 is 0. The van der Waals surface area contributed by atoms with Crippen LogP contribution in [0.25, 0.3) is 0 Å². The molecule has 0 fully saturated rings. The minimum atomic E-state index is 0.251.